The predicted octanol–water partition coefficient (Wildman–Crippen LogP) is 2.64. The van der Waals surface area contributed by atoms with Gasteiger partial charge in [0.2, 0.25) is 0 Å². The van der Waals surface area contributed by atoms with E-state index in [2.05, 4.69) is 15.7 Å². The van der Waals surface area contributed by atoms with Gasteiger partial charge in [0, 0.05) is 6.04 Å². The molecule has 2 saturated carbocycles. The molecule has 2 N–H and O–H groups in total. The van der Waals surface area contributed by atoms with E-state index in [1.54, 1.807) is 6.33 Å². The van der Waals surface area contributed by atoms with Gasteiger partial charge < -0.3 is 5.32 Å². The number of thiocarbonyl (C=S) groups is 1. The van der Waals surface area contributed by atoms with Gasteiger partial charge in [0.25, 0.3) is 0 Å². The van der Waals surface area contributed by atoms with E-state index in [1.165, 1.54) is 25.7 Å². The highest BCUT2D eigenvalue weighted by Crippen LogP contribution is 2.44. The highest BCUT2D eigenvalue weighted by molar-refractivity contribution is 7.80. The summed E-state index contributed by atoms with van der Waals surface area (Å²) in [6.07, 6.45) is 7.21. The molecule has 0 spiro atoms. The molecular formula is C15H18N4S. The molecule has 0 saturated heterocycles. The van der Waals surface area contributed by atoms with Gasteiger partial charge in [-0.1, -0.05) is 18.6 Å². The second-order valence-corrected chi connectivity index (χ2v) is 6.38. The molecule has 3 atom stereocenters. The summed E-state index contributed by atoms with van der Waals surface area (Å²) in [5.74, 6) is 1.74. The van der Waals surface area contributed by atoms with Crippen LogP contribution in [0.4, 0.5) is 0 Å². The summed E-state index contributed by atoms with van der Waals surface area (Å²) in [7, 11) is 0. The number of para-hydroxylation sites is 2. The van der Waals surface area contributed by atoms with E-state index in [9.17, 15) is 0 Å². The first-order chi connectivity index (χ1) is 9.79. The van der Waals surface area contributed by atoms with Crippen LogP contribution in [-0.4, -0.2) is 20.8 Å². The Morgan fingerprint density at radius 3 is 2.95 bits per heavy atom. The topological polar surface area (TPSA) is 41.9 Å². The van der Waals surface area contributed by atoms with Crippen LogP contribution in [0.1, 0.15) is 25.7 Å². The number of nitrogens with zero attached hydrogens (tertiary/aromatic N) is 2. The van der Waals surface area contributed by atoms with Gasteiger partial charge in [-0.3, -0.25) is 5.43 Å². The van der Waals surface area contributed by atoms with Crippen LogP contribution in [0.25, 0.3) is 11.0 Å². The minimum Gasteiger partial charge on any atom is -0.358 e. The number of hydrogen-bond acceptors (Lipinski definition) is 2. The van der Waals surface area contributed by atoms with Crippen molar-refractivity contribution in [1.82, 2.24) is 15.0 Å². The zero-order valence-corrected chi connectivity index (χ0v) is 12.1. The van der Waals surface area contributed by atoms with Gasteiger partial charge in [-0.05, 0) is 55.4 Å². The molecule has 2 aliphatic carbocycles. The van der Waals surface area contributed by atoms with E-state index in [0.717, 1.165) is 22.9 Å². The lowest BCUT2D eigenvalue weighted by atomic mass is 9.96. The number of benzene rings is 1. The van der Waals surface area contributed by atoms with Gasteiger partial charge in [0.05, 0.1) is 11.0 Å². The summed E-state index contributed by atoms with van der Waals surface area (Å²) in [6, 6.07) is 8.60. The third-order valence-corrected chi connectivity index (χ3v) is 4.94. The van der Waals surface area contributed by atoms with Crippen molar-refractivity contribution in [3.05, 3.63) is 30.6 Å². The molecular weight excluding hydrogens is 268 g/mol. The molecule has 20 heavy (non-hydrogen) atoms. The molecule has 5 heteroatoms. The molecule has 3 unspecified atom stereocenters. The Labute approximate surface area is 123 Å². The highest BCUT2D eigenvalue weighted by atomic mass is 32.1. The summed E-state index contributed by atoms with van der Waals surface area (Å²) in [4.78, 5) is 4.35. The van der Waals surface area contributed by atoms with E-state index < -0.39 is 0 Å². The Morgan fingerprint density at radius 1 is 1.25 bits per heavy atom. The van der Waals surface area contributed by atoms with E-state index in [4.69, 9.17) is 12.2 Å². The molecule has 2 fully saturated rings. The van der Waals surface area contributed by atoms with Gasteiger partial charge >= 0.3 is 0 Å². The number of imidazole rings is 1. The first-order valence-corrected chi connectivity index (χ1v) is 7.70. The Hall–Kier alpha value is -1.62. The fourth-order valence-electron chi connectivity index (χ4n) is 3.78. The number of hydrogen-bond donors (Lipinski definition) is 2. The summed E-state index contributed by atoms with van der Waals surface area (Å²) in [5.41, 5.74) is 5.25. The maximum Gasteiger partial charge on any atom is 0.185 e. The maximum absolute atomic E-state index is 5.45. The quantitative estimate of drug-likeness (QED) is 0.833. The summed E-state index contributed by atoms with van der Waals surface area (Å²) < 4.78 is 1.89. The summed E-state index contributed by atoms with van der Waals surface area (Å²) in [5, 5.41) is 4.18. The Balaban J connectivity index is 1.45. The zero-order chi connectivity index (χ0) is 13.5. The summed E-state index contributed by atoms with van der Waals surface area (Å²) >= 11 is 5.45. The Bertz CT molecular complexity index is 650. The molecule has 2 aromatic rings. The molecule has 0 amide bonds. The molecule has 4 rings (SSSR count). The van der Waals surface area contributed by atoms with Crippen LogP contribution in [0.3, 0.4) is 0 Å². The highest BCUT2D eigenvalue weighted by Gasteiger charge is 2.39. The van der Waals surface area contributed by atoms with Crippen LogP contribution in [0, 0.1) is 11.8 Å². The lowest BCUT2D eigenvalue weighted by Crippen LogP contribution is -2.43. The molecule has 2 aliphatic rings. The minimum absolute atomic E-state index is 0.559. The van der Waals surface area contributed by atoms with Gasteiger partial charge in [0.15, 0.2) is 5.11 Å². The van der Waals surface area contributed by atoms with Crippen molar-refractivity contribution in [2.45, 2.75) is 31.7 Å². The zero-order valence-electron chi connectivity index (χ0n) is 11.2. The SMILES string of the molecule is S=C(NC1CC2CCC1C2)Nn1cnc2ccccc21. The first kappa shape index (κ1) is 12.1. The lowest BCUT2D eigenvalue weighted by Gasteiger charge is -2.24. The molecule has 2 bridgehead atoms. The molecule has 4 nitrogen and oxygen atoms in total. The average Bonchev–Trinajstić information content (AvgIpc) is 3.14. The molecule has 1 aromatic carbocycles. The fourth-order valence-corrected chi connectivity index (χ4v) is 4.03. The van der Waals surface area contributed by atoms with E-state index in [0.29, 0.717) is 11.2 Å². The molecule has 1 aromatic heterocycles. The largest absolute Gasteiger partial charge is 0.358 e. The Kier molecular flexibility index (Phi) is 2.88. The first-order valence-electron chi connectivity index (χ1n) is 7.29. The second-order valence-electron chi connectivity index (χ2n) is 5.97. The van der Waals surface area contributed by atoms with E-state index >= 15 is 0 Å². The molecule has 0 radical (unpaired) electrons. The minimum atomic E-state index is 0.559. The van der Waals surface area contributed by atoms with Crippen LogP contribution >= 0.6 is 12.2 Å². The smallest absolute Gasteiger partial charge is 0.185 e. The van der Waals surface area contributed by atoms with E-state index in [-0.39, 0.29) is 0 Å². The van der Waals surface area contributed by atoms with E-state index in [1.807, 2.05) is 28.9 Å². The van der Waals surface area contributed by atoms with Crippen LogP contribution < -0.4 is 10.7 Å². The van der Waals surface area contributed by atoms with Gasteiger partial charge in [-0.15, -0.1) is 0 Å². The van der Waals surface area contributed by atoms with Crippen molar-refractivity contribution in [2.24, 2.45) is 11.8 Å². The maximum atomic E-state index is 5.45. The molecule has 1 heterocycles. The van der Waals surface area contributed by atoms with Crippen LogP contribution in [0.5, 0.6) is 0 Å². The number of nitrogens with one attached hydrogen (secondary N) is 2. The monoisotopic (exact) mass is 286 g/mol. The number of fused-ring (bicyclic) bond motifs is 3. The third-order valence-electron chi connectivity index (χ3n) is 4.73. The van der Waals surface area contributed by atoms with Crippen LogP contribution in [0.2, 0.25) is 0 Å². The predicted molar refractivity (Wildman–Crippen MR) is 84.1 cm³/mol. The van der Waals surface area contributed by atoms with Crippen molar-refractivity contribution in [1.29, 1.82) is 0 Å². The van der Waals surface area contributed by atoms with Crippen molar-refractivity contribution < 1.29 is 0 Å². The summed E-state index contributed by atoms with van der Waals surface area (Å²) in [6.45, 7) is 0. The lowest BCUT2D eigenvalue weighted by molar-refractivity contribution is 0.391. The van der Waals surface area contributed by atoms with Crippen LogP contribution in [0.15, 0.2) is 30.6 Å². The van der Waals surface area contributed by atoms with Gasteiger partial charge in [-0.2, -0.15) is 0 Å². The Morgan fingerprint density at radius 2 is 2.15 bits per heavy atom. The average molecular weight is 286 g/mol. The van der Waals surface area contributed by atoms with Crippen molar-refractivity contribution in [3.8, 4) is 0 Å². The normalized spacial score (nSPS) is 27.9. The molecule has 0 aliphatic heterocycles. The van der Waals surface area contributed by atoms with Gasteiger partial charge in [0.1, 0.15) is 6.33 Å². The van der Waals surface area contributed by atoms with Crippen molar-refractivity contribution >= 4 is 28.4 Å². The third kappa shape index (κ3) is 2.06. The van der Waals surface area contributed by atoms with Gasteiger partial charge in [-0.25, -0.2) is 9.66 Å². The van der Waals surface area contributed by atoms with Crippen LogP contribution in [-0.2, 0) is 0 Å². The number of aromatic nitrogens is 2. The fraction of sp³-hybridized carbons (Fsp3) is 0.467. The standard InChI is InChI=1S/C15H18N4S/c20-15(17-13-8-10-5-6-11(13)7-10)18-19-9-16-12-3-1-2-4-14(12)19/h1-4,9-11,13H,5-8H2,(H2,17,18,20). The molecule has 104 valence electrons. The second kappa shape index (κ2) is 4.74. The van der Waals surface area contributed by atoms with Crippen molar-refractivity contribution in [2.75, 3.05) is 5.43 Å². The number of rotatable bonds is 2. The van der Waals surface area contributed by atoms with Crippen molar-refractivity contribution in [3.63, 3.8) is 0 Å².